The Morgan fingerprint density at radius 3 is 2.50 bits per heavy atom. The summed E-state index contributed by atoms with van der Waals surface area (Å²) in [7, 11) is 2.19. The molecule has 2 nitrogen and oxygen atoms in total. The number of carbonyl (C=O) groups excluding carboxylic acids is 1. The van der Waals surface area contributed by atoms with E-state index in [1.807, 2.05) is 0 Å². The Bertz CT molecular complexity index is 453. The van der Waals surface area contributed by atoms with Crippen LogP contribution in [0.2, 0.25) is 0 Å². The molecule has 0 aromatic heterocycles. The monoisotopic (exact) mass is 293 g/mol. The summed E-state index contributed by atoms with van der Waals surface area (Å²) in [6.07, 6.45) is 6.43. The van der Waals surface area contributed by atoms with E-state index in [9.17, 15) is 4.79 Å². The zero-order valence-corrected chi connectivity index (χ0v) is 13.0. The van der Waals surface area contributed by atoms with Crippen LogP contribution in [0.1, 0.15) is 37.7 Å². The van der Waals surface area contributed by atoms with Gasteiger partial charge in [-0.1, -0.05) is 43.2 Å². The number of likely N-dealkylation sites (tertiary alicyclic amines) is 1. The van der Waals surface area contributed by atoms with Gasteiger partial charge in [0, 0.05) is 24.4 Å². The van der Waals surface area contributed by atoms with E-state index in [0.29, 0.717) is 11.8 Å². The fraction of sp³-hybridized carbons (Fsp3) is 0.588. The van der Waals surface area contributed by atoms with Crippen LogP contribution in [0.4, 0.5) is 0 Å². The van der Waals surface area contributed by atoms with Gasteiger partial charge in [-0.2, -0.15) is 0 Å². The first kappa shape index (κ1) is 15.5. The van der Waals surface area contributed by atoms with Crippen molar-refractivity contribution in [2.75, 3.05) is 13.6 Å². The molecular formula is C17H24ClNO. The maximum Gasteiger partial charge on any atom is 0.141 e. The van der Waals surface area contributed by atoms with Crippen molar-refractivity contribution in [3.8, 4) is 0 Å². The van der Waals surface area contributed by atoms with Gasteiger partial charge in [0.1, 0.15) is 5.78 Å². The van der Waals surface area contributed by atoms with Crippen LogP contribution in [-0.4, -0.2) is 30.3 Å². The molecule has 0 radical (unpaired) electrons. The quantitative estimate of drug-likeness (QED) is 0.832. The van der Waals surface area contributed by atoms with Gasteiger partial charge >= 0.3 is 0 Å². The minimum absolute atomic E-state index is 0. The third-order valence-electron chi connectivity index (χ3n) is 5.18. The van der Waals surface area contributed by atoms with Crippen LogP contribution >= 0.6 is 12.4 Å². The van der Waals surface area contributed by atoms with E-state index in [0.717, 1.165) is 32.2 Å². The Labute approximate surface area is 128 Å². The lowest BCUT2D eigenvalue weighted by Gasteiger charge is -2.46. The standard InChI is InChI=1S/C17H23NO.ClH/c1-18-12-9-16(19)17(10-5-6-11-17)15(18)13-14-7-3-2-4-8-14;/h2-4,7-8,15H,5-6,9-13H2,1H3;1H. The molecule has 1 heterocycles. The summed E-state index contributed by atoms with van der Waals surface area (Å²) in [5.41, 5.74) is 1.32. The average Bonchev–Trinajstić information content (AvgIpc) is 2.91. The number of Topliss-reactive ketones (excluding diaryl/α,β-unsaturated/α-hetero) is 1. The Morgan fingerprint density at radius 1 is 1.20 bits per heavy atom. The topological polar surface area (TPSA) is 20.3 Å². The summed E-state index contributed by atoms with van der Waals surface area (Å²) in [6.45, 7) is 0.929. The first-order valence-electron chi connectivity index (χ1n) is 7.50. The van der Waals surface area contributed by atoms with E-state index in [1.165, 1.54) is 18.4 Å². The summed E-state index contributed by atoms with van der Waals surface area (Å²) >= 11 is 0. The fourth-order valence-electron chi connectivity index (χ4n) is 4.10. The molecule has 0 N–H and O–H groups in total. The molecule has 1 saturated carbocycles. The minimum atomic E-state index is -0.0388. The first-order valence-corrected chi connectivity index (χ1v) is 7.50. The van der Waals surface area contributed by atoms with E-state index in [1.54, 1.807) is 0 Å². The number of piperidine rings is 1. The van der Waals surface area contributed by atoms with Gasteiger partial charge in [-0.05, 0) is 31.9 Å². The molecule has 110 valence electrons. The highest BCUT2D eigenvalue weighted by Gasteiger charge is 2.50. The zero-order valence-electron chi connectivity index (χ0n) is 12.2. The van der Waals surface area contributed by atoms with E-state index in [2.05, 4.69) is 42.3 Å². The molecule has 0 amide bonds. The first-order chi connectivity index (χ1) is 9.22. The Balaban J connectivity index is 0.00000147. The molecule has 1 unspecified atom stereocenters. The number of nitrogens with zero attached hydrogens (tertiary/aromatic N) is 1. The number of carbonyl (C=O) groups is 1. The molecule has 2 aliphatic rings. The number of likely N-dealkylation sites (N-methyl/N-ethyl adjacent to an activating group) is 1. The highest BCUT2D eigenvalue weighted by Crippen LogP contribution is 2.47. The largest absolute Gasteiger partial charge is 0.302 e. The van der Waals surface area contributed by atoms with Gasteiger partial charge in [0.2, 0.25) is 0 Å². The predicted octanol–water partition coefficient (Wildman–Crippen LogP) is 3.48. The summed E-state index contributed by atoms with van der Waals surface area (Å²) in [5.74, 6) is 0.532. The van der Waals surface area contributed by atoms with Crippen LogP contribution in [0.5, 0.6) is 0 Å². The molecule has 3 heteroatoms. The Hall–Kier alpha value is -0.860. The molecule has 1 aliphatic carbocycles. The van der Waals surface area contributed by atoms with Gasteiger partial charge < -0.3 is 4.90 Å². The van der Waals surface area contributed by atoms with E-state index >= 15 is 0 Å². The Kier molecular flexibility index (Phi) is 4.87. The van der Waals surface area contributed by atoms with Gasteiger partial charge in [0.05, 0.1) is 0 Å². The third-order valence-corrected chi connectivity index (χ3v) is 5.18. The second-order valence-electron chi connectivity index (χ2n) is 6.22. The van der Waals surface area contributed by atoms with Crippen LogP contribution in [0, 0.1) is 5.41 Å². The second-order valence-corrected chi connectivity index (χ2v) is 6.22. The average molecular weight is 294 g/mol. The van der Waals surface area contributed by atoms with Crippen LogP contribution < -0.4 is 0 Å². The molecule has 2 fully saturated rings. The van der Waals surface area contributed by atoms with Crippen molar-refractivity contribution in [2.24, 2.45) is 5.41 Å². The molecule has 1 atom stereocenters. The number of hydrogen-bond donors (Lipinski definition) is 0. The van der Waals surface area contributed by atoms with Gasteiger partial charge in [-0.25, -0.2) is 0 Å². The van der Waals surface area contributed by atoms with Crippen LogP contribution in [0.25, 0.3) is 0 Å². The molecule has 1 aromatic carbocycles. The highest BCUT2D eigenvalue weighted by molar-refractivity contribution is 5.87. The van der Waals surface area contributed by atoms with Crippen LogP contribution in [0.3, 0.4) is 0 Å². The van der Waals surface area contributed by atoms with Crippen LogP contribution in [0.15, 0.2) is 30.3 Å². The second kappa shape index (κ2) is 6.28. The fourth-order valence-corrected chi connectivity index (χ4v) is 4.10. The SMILES string of the molecule is CN1CCC(=O)C2(CCCC2)C1Cc1ccccc1.Cl. The number of halogens is 1. The maximum atomic E-state index is 12.5. The predicted molar refractivity (Wildman–Crippen MR) is 84.3 cm³/mol. The molecule has 20 heavy (non-hydrogen) atoms. The minimum Gasteiger partial charge on any atom is -0.302 e. The van der Waals surface area contributed by atoms with Crippen molar-refractivity contribution in [3.63, 3.8) is 0 Å². The van der Waals surface area contributed by atoms with Crippen molar-refractivity contribution in [3.05, 3.63) is 35.9 Å². The maximum absolute atomic E-state index is 12.5. The normalized spacial score (nSPS) is 25.6. The summed E-state index contributed by atoms with van der Waals surface area (Å²) < 4.78 is 0. The number of ketones is 1. The number of benzene rings is 1. The van der Waals surface area contributed by atoms with E-state index in [4.69, 9.17) is 0 Å². The van der Waals surface area contributed by atoms with E-state index < -0.39 is 0 Å². The lowest BCUT2D eigenvalue weighted by atomic mass is 9.69. The molecule has 1 spiro atoms. The summed E-state index contributed by atoms with van der Waals surface area (Å²) in [4.78, 5) is 15.0. The van der Waals surface area contributed by atoms with Gasteiger partial charge in [-0.3, -0.25) is 4.79 Å². The molecule has 3 rings (SSSR count). The molecule has 1 aromatic rings. The van der Waals surface area contributed by atoms with Gasteiger partial charge in [-0.15, -0.1) is 12.4 Å². The zero-order chi connectivity index (χ0) is 13.3. The lowest BCUT2D eigenvalue weighted by molar-refractivity contribution is -0.137. The smallest absolute Gasteiger partial charge is 0.141 e. The van der Waals surface area contributed by atoms with Crippen molar-refractivity contribution in [1.82, 2.24) is 4.90 Å². The molecular weight excluding hydrogens is 270 g/mol. The van der Waals surface area contributed by atoms with Gasteiger partial charge in [0.25, 0.3) is 0 Å². The summed E-state index contributed by atoms with van der Waals surface area (Å²) in [5, 5.41) is 0. The van der Waals surface area contributed by atoms with Crippen molar-refractivity contribution < 1.29 is 4.79 Å². The molecule has 0 bridgehead atoms. The molecule has 1 saturated heterocycles. The summed E-state index contributed by atoms with van der Waals surface area (Å²) in [6, 6.07) is 11.0. The lowest BCUT2D eigenvalue weighted by Crippen LogP contribution is -2.55. The van der Waals surface area contributed by atoms with Crippen LogP contribution in [-0.2, 0) is 11.2 Å². The third kappa shape index (κ3) is 2.64. The van der Waals surface area contributed by atoms with Crippen molar-refractivity contribution >= 4 is 18.2 Å². The number of hydrogen-bond acceptors (Lipinski definition) is 2. The van der Waals surface area contributed by atoms with Gasteiger partial charge in [0.15, 0.2) is 0 Å². The Morgan fingerprint density at radius 2 is 1.85 bits per heavy atom. The number of rotatable bonds is 2. The van der Waals surface area contributed by atoms with Crippen molar-refractivity contribution in [1.29, 1.82) is 0 Å². The highest BCUT2D eigenvalue weighted by atomic mass is 35.5. The molecule has 1 aliphatic heterocycles. The van der Waals surface area contributed by atoms with Crippen molar-refractivity contribution in [2.45, 2.75) is 44.6 Å². The van der Waals surface area contributed by atoms with E-state index in [-0.39, 0.29) is 17.8 Å².